The summed E-state index contributed by atoms with van der Waals surface area (Å²) >= 11 is 8.10. The monoisotopic (exact) mass is 371 g/mol. The van der Waals surface area contributed by atoms with Crippen LogP contribution in [0.5, 0.6) is 5.75 Å². The van der Waals surface area contributed by atoms with Crippen molar-refractivity contribution in [3.05, 3.63) is 63.8 Å². The number of halogens is 1. The van der Waals surface area contributed by atoms with Gasteiger partial charge in [0, 0.05) is 37.8 Å². The van der Waals surface area contributed by atoms with E-state index in [0.717, 1.165) is 53.8 Å². The van der Waals surface area contributed by atoms with Gasteiger partial charge >= 0.3 is 0 Å². The highest BCUT2D eigenvalue weighted by Crippen LogP contribution is 2.30. The Kier molecular flexibility index (Phi) is 4.70. The van der Waals surface area contributed by atoms with Gasteiger partial charge in [-0.05, 0) is 23.1 Å². The van der Waals surface area contributed by atoms with Gasteiger partial charge in [0.25, 0.3) is 0 Å². The molecule has 0 aliphatic carbocycles. The maximum Gasteiger partial charge on any atom is 0.169 e. The first kappa shape index (κ1) is 16.5. The third-order valence-corrected chi connectivity index (χ3v) is 5.71. The maximum absolute atomic E-state index is 6.43. The molecule has 0 radical (unpaired) electrons. The van der Waals surface area contributed by atoms with Crippen LogP contribution in [0.3, 0.4) is 0 Å². The van der Waals surface area contributed by atoms with Crippen molar-refractivity contribution in [1.82, 2.24) is 14.9 Å². The molecule has 0 N–H and O–H groups in total. The van der Waals surface area contributed by atoms with Crippen molar-refractivity contribution in [1.29, 1.82) is 0 Å². The summed E-state index contributed by atoms with van der Waals surface area (Å²) in [6.45, 7) is 2.59. The molecular weight excluding hydrogens is 354 g/mol. The van der Waals surface area contributed by atoms with E-state index in [9.17, 15) is 0 Å². The van der Waals surface area contributed by atoms with Crippen LogP contribution in [-0.2, 0) is 19.5 Å². The molecule has 0 atom stereocenters. The highest BCUT2D eigenvalue weighted by molar-refractivity contribution is 7.13. The lowest BCUT2D eigenvalue weighted by molar-refractivity contribution is 0.242. The van der Waals surface area contributed by atoms with Crippen molar-refractivity contribution < 1.29 is 4.74 Å². The number of methoxy groups -OCH3 is 1. The molecule has 25 heavy (non-hydrogen) atoms. The Labute approximate surface area is 156 Å². The molecule has 0 bridgehead atoms. The van der Waals surface area contributed by atoms with E-state index in [1.165, 1.54) is 5.56 Å². The predicted molar refractivity (Wildman–Crippen MR) is 101 cm³/mol. The number of hydrogen-bond donors (Lipinski definition) is 0. The summed E-state index contributed by atoms with van der Waals surface area (Å²) in [6, 6.07) is 10.0. The minimum Gasteiger partial charge on any atom is -0.495 e. The molecule has 128 valence electrons. The average molecular weight is 372 g/mol. The molecule has 0 saturated carbocycles. The topological polar surface area (TPSA) is 38.2 Å². The fourth-order valence-corrected chi connectivity index (χ4v) is 4.04. The molecule has 0 amide bonds. The van der Waals surface area contributed by atoms with Crippen LogP contribution in [0.25, 0.3) is 10.7 Å². The Morgan fingerprint density at radius 1 is 1.28 bits per heavy atom. The third-order valence-electron chi connectivity index (χ3n) is 4.41. The Bertz CT molecular complexity index is 882. The number of nitrogens with zero attached hydrogens (tertiary/aromatic N) is 3. The standard InChI is InChI=1S/C19H18ClN3OS/c1-24-16-5-2-4-13(18(16)20)11-23-8-7-15-14(12-23)10-21-19(22-15)17-6-3-9-25-17/h2-6,9-10H,7-8,11-12H2,1H3. The molecule has 1 aliphatic heterocycles. The fourth-order valence-electron chi connectivity index (χ4n) is 3.11. The summed E-state index contributed by atoms with van der Waals surface area (Å²) < 4.78 is 5.31. The minimum absolute atomic E-state index is 0.695. The van der Waals surface area contributed by atoms with Crippen molar-refractivity contribution in [2.45, 2.75) is 19.5 Å². The average Bonchev–Trinajstić information content (AvgIpc) is 3.18. The lowest BCUT2D eigenvalue weighted by atomic mass is 10.1. The highest BCUT2D eigenvalue weighted by atomic mass is 35.5. The van der Waals surface area contributed by atoms with Crippen LogP contribution < -0.4 is 4.74 Å². The first-order valence-corrected chi connectivity index (χ1v) is 9.43. The van der Waals surface area contributed by atoms with Crippen LogP contribution in [-0.4, -0.2) is 28.5 Å². The van der Waals surface area contributed by atoms with Crippen molar-refractivity contribution in [2.75, 3.05) is 13.7 Å². The summed E-state index contributed by atoms with van der Waals surface area (Å²) in [4.78, 5) is 12.8. The van der Waals surface area contributed by atoms with Gasteiger partial charge in [0.05, 0.1) is 22.7 Å². The van der Waals surface area contributed by atoms with E-state index in [-0.39, 0.29) is 0 Å². The first-order chi connectivity index (χ1) is 12.2. The lowest BCUT2D eigenvalue weighted by Gasteiger charge is -2.28. The molecule has 0 unspecified atom stereocenters. The number of rotatable bonds is 4. The van der Waals surface area contributed by atoms with Gasteiger partial charge in [0.1, 0.15) is 5.75 Å². The van der Waals surface area contributed by atoms with Gasteiger partial charge in [-0.15, -0.1) is 11.3 Å². The molecule has 4 nitrogen and oxygen atoms in total. The molecule has 3 heterocycles. The molecule has 0 fully saturated rings. The zero-order chi connectivity index (χ0) is 17.2. The van der Waals surface area contributed by atoms with Gasteiger partial charge in [-0.2, -0.15) is 0 Å². The van der Waals surface area contributed by atoms with Gasteiger partial charge in [-0.3, -0.25) is 4.90 Å². The van der Waals surface area contributed by atoms with Gasteiger partial charge in [-0.25, -0.2) is 9.97 Å². The Balaban J connectivity index is 1.52. The predicted octanol–water partition coefficient (Wildman–Crippen LogP) is 4.43. The van der Waals surface area contributed by atoms with Crippen molar-refractivity contribution in [3.8, 4) is 16.5 Å². The SMILES string of the molecule is COc1cccc(CN2CCc3nc(-c4cccs4)ncc3C2)c1Cl. The van der Waals surface area contributed by atoms with Crippen molar-refractivity contribution in [3.63, 3.8) is 0 Å². The molecular formula is C19H18ClN3OS. The number of hydrogen-bond acceptors (Lipinski definition) is 5. The van der Waals surface area contributed by atoms with Gasteiger partial charge < -0.3 is 4.74 Å². The van der Waals surface area contributed by atoms with E-state index < -0.39 is 0 Å². The second kappa shape index (κ2) is 7.12. The zero-order valence-corrected chi connectivity index (χ0v) is 15.5. The van der Waals surface area contributed by atoms with Crippen LogP contribution >= 0.6 is 22.9 Å². The minimum atomic E-state index is 0.695. The number of aromatic nitrogens is 2. The molecule has 2 aromatic heterocycles. The van der Waals surface area contributed by atoms with Gasteiger partial charge in [0.15, 0.2) is 5.82 Å². The van der Waals surface area contributed by atoms with Crippen LogP contribution in [0.1, 0.15) is 16.8 Å². The zero-order valence-electron chi connectivity index (χ0n) is 13.9. The quantitative estimate of drug-likeness (QED) is 0.680. The number of benzene rings is 1. The van der Waals surface area contributed by atoms with E-state index in [4.69, 9.17) is 21.3 Å². The van der Waals surface area contributed by atoms with Gasteiger partial charge in [0.2, 0.25) is 0 Å². The van der Waals surface area contributed by atoms with E-state index in [0.29, 0.717) is 5.02 Å². The number of thiophene rings is 1. The van der Waals surface area contributed by atoms with Crippen LogP contribution in [0.15, 0.2) is 41.9 Å². The maximum atomic E-state index is 6.43. The van der Waals surface area contributed by atoms with Crippen molar-refractivity contribution >= 4 is 22.9 Å². The van der Waals surface area contributed by atoms with E-state index >= 15 is 0 Å². The number of ether oxygens (including phenoxy) is 1. The Morgan fingerprint density at radius 2 is 2.20 bits per heavy atom. The van der Waals surface area contributed by atoms with Crippen LogP contribution in [0, 0.1) is 0 Å². The molecule has 0 saturated heterocycles. The summed E-state index contributed by atoms with van der Waals surface area (Å²) in [6.07, 6.45) is 2.90. The molecule has 1 aliphatic rings. The summed E-state index contributed by atoms with van der Waals surface area (Å²) in [5.74, 6) is 1.55. The largest absolute Gasteiger partial charge is 0.495 e. The first-order valence-electron chi connectivity index (χ1n) is 8.17. The summed E-state index contributed by atoms with van der Waals surface area (Å²) in [7, 11) is 1.64. The normalized spacial score (nSPS) is 14.3. The second-order valence-corrected chi connectivity index (χ2v) is 7.36. The number of fused-ring (bicyclic) bond motifs is 1. The Morgan fingerprint density at radius 3 is 3.00 bits per heavy atom. The highest BCUT2D eigenvalue weighted by Gasteiger charge is 2.20. The van der Waals surface area contributed by atoms with Crippen molar-refractivity contribution in [2.24, 2.45) is 0 Å². The second-order valence-electron chi connectivity index (χ2n) is 6.04. The summed E-state index contributed by atoms with van der Waals surface area (Å²) in [5, 5.41) is 2.75. The third kappa shape index (κ3) is 3.40. The van der Waals surface area contributed by atoms with Crippen LogP contribution in [0.2, 0.25) is 5.02 Å². The molecule has 4 rings (SSSR count). The molecule has 1 aromatic carbocycles. The fraction of sp³-hybridized carbons (Fsp3) is 0.263. The van der Waals surface area contributed by atoms with E-state index in [2.05, 4.69) is 27.4 Å². The van der Waals surface area contributed by atoms with E-state index in [1.54, 1.807) is 18.4 Å². The Hall–Kier alpha value is -1.95. The summed E-state index contributed by atoms with van der Waals surface area (Å²) in [5.41, 5.74) is 3.44. The lowest BCUT2D eigenvalue weighted by Crippen LogP contribution is -2.31. The van der Waals surface area contributed by atoms with Gasteiger partial charge in [-0.1, -0.05) is 29.8 Å². The smallest absolute Gasteiger partial charge is 0.169 e. The van der Waals surface area contributed by atoms with E-state index in [1.807, 2.05) is 24.4 Å². The van der Waals surface area contributed by atoms with Crippen LogP contribution in [0.4, 0.5) is 0 Å². The molecule has 6 heteroatoms. The molecule has 0 spiro atoms. The molecule has 3 aromatic rings.